The van der Waals surface area contributed by atoms with Gasteiger partial charge in [-0.3, -0.25) is 9.69 Å². The number of nitrogens with two attached hydrogens (primary N) is 1. The van der Waals surface area contributed by atoms with Crippen molar-refractivity contribution in [2.45, 2.75) is 18.9 Å². The van der Waals surface area contributed by atoms with Crippen molar-refractivity contribution in [1.82, 2.24) is 4.90 Å². The van der Waals surface area contributed by atoms with Crippen LogP contribution in [-0.4, -0.2) is 49.9 Å². The Kier molecular flexibility index (Phi) is 6.01. The molecule has 1 atom stereocenters. The largest absolute Gasteiger partial charge is 0.496 e. The third-order valence-corrected chi connectivity index (χ3v) is 5.67. The summed E-state index contributed by atoms with van der Waals surface area (Å²) in [5.74, 6) is 0.370. The Labute approximate surface area is 182 Å². The monoisotopic (exact) mass is 415 g/mol. The van der Waals surface area contributed by atoms with Crippen LogP contribution in [0.4, 0.5) is 5.69 Å². The Morgan fingerprint density at radius 2 is 2.10 bits per heavy atom. The first kappa shape index (κ1) is 20.6. The zero-order valence-electron chi connectivity index (χ0n) is 17.5. The second-order valence-corrected chi connectivity index (χ2v) is 7.65. The average Bonchev–Trinajstić information content (AvgIpc) is 2.83. The van der Waals surface area contributed by atoms with Gasteiger partial charge in [-0.2, -0.15) is 5.26 Å². The lowest BCUT2D eigenvalue weighted by Crippen LogP contribution is -2.43. The van der Waals surface area contributed by atoms with Crippen molar-refractivity contribution in [3.8, 4) is 22.9 Å². The molecule has 0 aliphatic carbocycles. The third kappa shape index (κ3) is 4.03. The predicted molar refractivity (Wildman–Crippen MR) is 121 cm³/mol. The molecule has 7 heteroatoms. The highest BCUT2D eigenvalue weighted by Gasteiger charge is 2.28. The number of rotatable bonds is 4. The molecule has 2 aromatic rings. The Hall–Kier alpha value is -3.63. The van der Waals surface area contributed by atoms with Gasteiger partial charge in [-0.15, -0.1) is 0 Å². The maximum Gasteiger partial charge on any atom is 0.261 e. The predicted octanol–water partition coefficient (Wildman–Crippen LogP) is 3.16. The summed E-state index contributed by atoms with van der Waals surface area (Å²) in [7, 11) is 1.59. The molecule has 2 aromatic carbocycles. The van der Waals surface area contributed by atoms with Crippen molar-refractivity contribution < 1.29 is 9.53 Å². The minimum absolute atomic E-state index is 0.0488. The molecule has 0 spiro atoms. The third-order valence-electron chi connectivity index (χ3n) is 5.67. The van der Waals surface area contributed by atoms with Crippen LogP contribution in [0.1, 0.15) is 28.8 Å². The van der Waals surface area contributed by atoms with Crippen LogP contribution in [0.25, 0.3) is 11.1 Å². The Bertz CT molecular complexity index is 1090. The van der Waals surface area contributed by atoms with Gasteiger partial charge in [0.2, 0.25) is 0 Å². The molecule has 2 N–H and O–H groups in total. The highest BCUT2D eigenvalue weighted by Crippen LogP contribution is 2.38. The van der Waals surface area contributed by atoms with Crippen LogP contribution in [0.5, 0.6) is 5.75 Å². The van der Waals surface area contributed by atoms with E-state index in [1.807, 2.05) is 36.4 Å². The highest BCUT2D eigenvalue weighted by molar-refractivity contribution is 6.09. The van der Waals surface area contributed by atoms with Crippen LogP contribution in [0.15, 0.2) is 53.7 Å². The van der Waals surface area contributed by atoms with Crippen molar-refractivity contribution in [3.63, 3.8) is 0 Å². The van der Waals surface area contributed by atoms with Gasteiger partial charge in [-0.1, -0.05) is 24.3 Å². The Morgan fingerprint density at radius 3 is 2.81 bits per heavy atom. The summed E-state index contributed by atoms with van der Waals surface area (Å²) < 4.78 is 5.54. The summed E-state index contributed by atoms with van der Waals surface area (Å²) in [5, 5.41) is 10.2. The van der Waals surface area contributed by atoms with Gasteiger partial charge in [-0.25, -0.2) is 4.99 Å². The van der Waals surface area contributed by atoms with Crippen LogP contribution < -0.4 is 15.4 Å². The SMILES string of the molecule is COc1ccccc1-c1ccc(N2CCC[C@@H](N)C2)c(C#N)c1C(=O)N1C=NC=CC1. The number of benzene rings is 2. The lowest BCUT2D eigenvalue weighted by Gasteiger charge is -2.34. The summed E-state index contributed by atoms with van der Waals surface area (Å²) in [5.41, 5.74) is 9.05. The summed E-state index contributed by atoms with van der Waals surface area (Å²) >= 11 is 0. The fourth-order valence-corrected chi connectivity index (χ4v) is 4.18. The number of piperidine rings is 1. The Morgan fingerprint density at radius 1 is 1.26 bits per heavy atom. The molecule has 7 nitrogen and oxygen atoms in total. The van der Waals surface area contributed by atoms with Crippen LogP contribution in [0.2, 0.25) is 0 Å². The second kappa shape index (κ2) is 9.02. The molecule has 0 unspecified atom stereocenters. The van der Waals surface area contributed by atoms with Crippen LogP contribution in [-0.2, 0) is 0 Å². The summed E-state index contributed by atoms with van der Waals surface area (Å²) in [6, 6.07) is 13.7. The van der Waals surface area contributed by atoms with E-state index in [1.54, 1.807) is 19.4 Å². The van der Waals surface area contributed by atoms with Crippen molar-refractivity contribution in [3.05, 3.63) is 59.8 Å². The molecule has 0 bridgehead atoms. The first-order valence-corrected chi connectivity index (χ1v) is 10.3. The van der Waals surface area contributed by atoms with E-state index >= 15 is 0 Å². The number of aliphatic imine (C=N–C) groups is 1. The van der Waals surface area contributed by atoms with E-state index < -0.39 is 0 Å². The van der Waals surface area contributed by atoms with Crippen LogP contribution in [0, 0.1) is 11.3 Å². The van der Waals surface area contributed by atoms with Gasteiger partial charge in [-0.05, 0) is 36.6 Å². The number of anilines is 1. The lowest BCUT2D eigenvalue weighted by molar-refractivity contribution is 0.0862. The van der Waals surface area contributed by atoms with E-state index in [9.17, 15) is 10.1 Å². The maximum atomic E-state index is 13.6. The van der Waals surface area contributed by atoms with Crippen molar-refractivity contribution in [2.24, 2.45) is 10.7 Å². The van der Waals surface area contributed by atoms with E-state index in [0.29, 0.717) is 35.5 Å². The molecular formula is C24H25N5O2. The molecule has 0 radical (unpaired) electrons. The molecule has 0 saturated carbocycles. The Balaban J connectivity index is 1.91. The fraction of sp³-hybridized carbons (Fsp3) is 0.292. The molecule has 0 aromatic heterocycles. The zero-order valence-corrected chi connectivity index (χ0v) is 17.5. The van der Waals surface area contributed by atoms with Gasteiger partial charge in [0, 0.05) is 37.4 Å². The maximum absolute atomic E-state index is 13.6. The van der Waals surface area contributed by atoms with Gasteiger partial charge < -0.3 is 15.4 Å². The zero-order chi connectivity index (χ0) is 21.8. The molecule has 2 aliphatic heterocycles. The normalized spacial score (nSPS) is 18.0. The van der Waals surface area contributed by atoms with E-state index in [0.717, 1.165) is 30.6 Å². The van der Waals surface area contributed by atoms with Gasteiger partial charge in [0.15, 0.2) is 0 Å². The van der Waals surface area contributed by atoms with Gasteiger partial charge in [0.1, 0.15) is 11.8 Å². The van der Waals surface area contributed by atoms with E-state index in [4.69, 9.17) is 10.5 Å². The minimum atomic E-state index is -0.270. The molecule has 4 rings (SSSR count). The molecule has 1 fully saturated rings. The van der Waals surface area contributed by atoms with Crippen molar-refractivity contribution in [1.29, 1.82) is 5.26 Å². The lowest BCUT2D eigenvalue weighted by atomic mass is 9.92. The summed E-state index contributed by atoms with van der Waals surface area (Å²) in [6.45, 7) is 1.86. The minimum Gasteiger partial charge on any atom is -0.496 e. The van der Waals surface area contributed by atoms with Gasteiger partial charge in [0.25, 0.3) is 5.91 Å². The molecular weight excluding hydrogens is 390 g/mol. The van der Waals surface area contributed by atoms with E-state index in [2.05, 4.69) is 16.0 Å². The molecule has 1 saturated heterocycles. The number of para-hydroxylation sites is 1. The average molecular weight is 415 g/mol. The van der Waals surface area contributed by atoms with Crippen LogP contribution >= 0.6 is 0 Å². The highest BCUT2D eigenvalue weighted by atomic mass is 16.5. The number of amides is 1. The van der Waals surface area contributed by atoms with Gasteiger partial charge >= 0.3 is 0 Å². The number of hydrogen-bond acceptors (Lipinski definition) is 6. The number of nitriles is 1. The molecule has 158 valence electrons. The number of ether oxygens (including phenoxy) is 1. The molecule has 1 amide bonds. The number of nitrogens with zero attached hydrogens (tertiary/aromatic N) is 4. The molecule has 2 aliphatic rings. The standard InChI is InChI=1S/C24H25N5O2/c1-31-22-8-3-2-7-18(22)19-9-10-21(28-12-4-6-17(26)15-28)20(14-25)23(19)24(30)29-13-5-11-27-16-29/h2-3,5,7-11,16-17H,4,6,12-13,15,26H2,1H3/t17-/m1/s1. The second-order valence-electron chi connectivity index (χ2n) is 7.65. The van der Waals surface area contributed by atoms with Crippen molar-refractivity contribution >= 4 is 17.9 Å². The first-order chi connectivity index (χ1) is 15.1. The number of carbonyl (C=O) groups excluding carboxylic acids is 1. The topological polar surface area (TPSA) is 94.9 Å². The van der Waals surface area contributed by atoms with Gasteiger partial charge in [0.05, 0.1) is 30.3 Å². The number of carbonyl (C=O) groups is 1. The quantitative estimate of drug-likeness (QED) is 0.828. The first-order valence-electron chi connectivity index (χ1n) is 10.3. The number of methoxy groups -OCH3 is 1. The fourth-order valence-electron chi connectivity index (χ4n) is 4.18. The van der Waals surface area contributed by atoms with E-state index in [1.165, 1.54) is 11.2 Å². The molecule has 31 heavy (non-hydrogen) atoms. The molecule has 2 heterocycles. The summed E-state index contributed by atoms with van der Waals surface area (Å²) in [4.78, 5) is 21.3. The number of hydrogen-bond donors (Lipinski definition) is 1. The summed E-state index contributed by atoms with van der Waals surface area (Å²) in [6.07, 6.45) is 6.87. The van der Waals surface area contributed by atoms with Crippen molar-refractivity contribution in [2.75, 3.05) is 31.6 Å². The van der Waals surface area contributed by atoms with E-state index in [-0.39, 0.29) is 11.9 Å². The van der Waals surface area contributed by atoms with Crippen LogP contribution in [0.3, 0.4) is 0 Å². The smallest absolute Gasteiger partial charge is 0.261 e.